The van der Waals surface area contributed by atoms with E-state index in [9.17, 15) is 14.3 Å². The van der Waals surface area contributed by atoms with Crippen LogP contribution >= 0.6 is 0 Å². The van der Waals surface area contributed by atoms with Gasteiger partial charge in [0, 0.05) is 6.20 Å². The number of aliphatic carboxylic acids is 1. The summed E-state index contributed by atoms with van der Waals surface area (Å²) in [5, 5.41) is 13.5. The molecule has 0 saturated carbocycles. The van der Waals surface area contributed by atoms with Crippen LogP contribution in [-0.4, -0.2) is 28.7 Å². The number of hydrogen-bond donors (Lipinski definition) is 2. The minimum Gasteiger partial charge on any atom is -0.480 e. The van der Waals surface area contributed by atoms with Crippen LogP contribution in [0.5, 0.6) is 0 Å². The molecular formula is C28H25FN2O3. The van der Waals surface area contributed by atoms with Crippen LogP contribution in [0, 0.1) is 5.82 Å². The van der Waals surface area contributed by atoms with Crippen LogP contribution in [-0.2, 0) is 21.7 Å². The number of halogens is 1. The molecule has 5 nitrogen and oxygen atoms in total. The monoisotopic (exact) mass is 456 g/mol. The van der Waals surface area contributed by atoms with Gasteiger partial charge in [0.25, 0.3) is 0 Å². The lowest BCUT2D eigenvalue weighted by molar-refractivity contribution is -0.141. The average Bonchev–Trinajstić information content (AvgIpc) is 2.88. The normalized spacial score (nSPS) is 12.3. The quantitative estimate of drug-likeness (QED) is 0.336. The predicted molar refractivity (Wildman–Crippen MR) is 128 cm³/mol. The molecule has 4 aromatic rings. The Balaban J connectivity index is 1.72. The Bertz CT molecular complexity index is 1110. The SMILES string of the molecule is O=C(O)C(COCc1cncc(F)c1)NC(c1ccccc1)(c1ccccc1)c1ccccc1. The van der Waals surface area contributed by atoms with E-state index in [1.165, 1.54) is 12.3 Å². The fourth-order valence-corrected chi connectivity index (χ4v) is 4.08. The zero-order valence-corrected chi connectivity index (χ0v) is 18.5. The van der Waals surface area contributed by atoms with Crippen molar-refractivity contribution in [3.63, 3.8) is 0 Å². The highest BCUT2D eigenvalue weighted by Gasteiger charge is 2.39. The van der Waals surface area contributed by atoms with Crippen LogP contribution in [0.3, 0.4) is 0 Å². The van der Waals surface area contributed by atoms with Gasteiger partial charge in [-0.3, -0.25) is 15.1 Å². The Kier molecular flexibility index (Phi) is 7.42. The molecule has 0 fully saturated rings. The smallest absolute Gasteiger partial charge is 0.323 e. The molecule has 0 radical (unpaired) electrons. The van der Waals surface area contributed by atoms with E-state index in [2.05, 4.69) is 10.3 Å². The first-order valence-corrected chi connectivity index (χ1v) is 10.9. The number of ether oxygens (including phenoxy) is 1. The molecule has 0 aliphatic rings. The van der Waals surface area contributed by atoms with Gasteiger partial charge in [0.2, 0.25) is 0 Å². The number of carbonyl (C=O) groups is 1. The van der Waals surface area contributed by atoms with Crippen LogP contribution in [0.15, 0.2) is 109 Å². The second-order valence-electron chi connectivity index (χ2n) is 7.91. The maximum absolute atomic E-state index is 13.4. The first-order valence-electron chi connectivity index (χ1n) is 10.9. The molecule has 0 amide bonds. The average molecular weight is 457 g/mol. The fourth-order valence-electron chi connectivity index (χ4n) is 4.08. The van der Waals surface area contributed by atoms with E-state index >= 15 is 0 Å². The molecule has 0 bridgehead atoms. The lowest BCUT2D eigenvalue weighted by Crippen LogP contribution is -2.54. The number of rotatable bonds is 10. The molecule has 3 aromatic carbocycles. The van der Waals surface area contributed by atoms with Crippen molar-refractivity contribution in [3.8, 4) is 0 Å². The van der Waals surface area contributed by atoms with Gasteiger partial charge in [-0.05, 0) is 28.3 Å². The predicted octanol–water partition coefficient (Wildman–Crippen LogP) is 4.77. The summed E-state index contributed by atoms with van der Waals surface area (Å²) in [6.45, 7) is -0.0780. The molecule has 34 heavy (non-hydrogen) atoms. The van der Waals surface area contributed by atoms with Crippen molar-refractivity contribution >= 4 is 5.97 Å². The Morgan fingerprint density at radius 3 is 1.82 bits per heavy atom. The van der Waals surface area contributed by atoms with E-state index in [1.807, 2.05) is 91.0 Å². The number of nitrogens with one attached hydrogen (secondary N) is 1. The lowest BCUT2D eigenvalue weighted by atomic mass is 9.76. The van der Waals surface area contributed by atoms with Crippen LogP contribution in [0.2, 0.25) is 0 Å². The van der Waals surface area contributed by atoms with Gasteiger partial charge in [-0.2, -0.15) is 0 Å². The minimum absolute atomic E-state index is 0.0469. The summed E-state index contributed by atoms with van der Waals surface area (Å²) in [7, 11) is 0. The first kappa shape index (κ1) is 23.3. The lowest BCUT2D eigenvalue weighted by Gasteiger charge is -2.39. The van der Waals surface area contributed by atoms with Gasteiger partial charge in [0.1, 0.15) is 11.9 Å². The molecular weight excluding hydrogens is 431 g/mol. The fraction of sp³-hybridized carbons (Fsp3) is 0.143. The number of aromatic nitrogens is 1. The van der Waals surface area contributed by atoms with Gasteiger partial charge in [0.05, 0.1) is 24.9 Å². The van der Waals surface area contributed by atoms with Crippen molar-refractivity contribution in [1.29, 1.82) is 0 Å². The molecule has 0 aliphatic heterocycles. The van der Waals surface area contributed by atoms with Crippen LogP contribution in [0.4, 0.5) is 4.39 Å². The van der Waals surface area contributed by atoms with Gasteiger partial charge in [-0.25, -0.2) is 4.39 Å². The van der Waals surface area contributed by atoms with Gasteiger partial charge >= 0.3 is 5.97 Å². The topological polar surface area (TPSA) is 71.5 Å². The molecule has 1 atom stereocenters. The third-order valence-electron chi connectivity index (χ3n) is 5.62. The van der Waals surface area contributed by atoms with Crippen molar-refractivity contribution in [2.24, 2.45) is 0 Å². The number of pyridine rings is 1. The molecule has 172 valence electrons. The summed E-state index contributed by atoms with van der Waals surface area (Å²) in [6, 6.07) is 29.5. The molecule has 1 aromatic heterocycles. The second kappa shape index (κ2) is 10.8. The van der Waals surface area contributed by atoms with E-state index in [0.717, 1.165) is 22.9 Å². The number of nitrogens with zero attached hydrogens (tertiary/aromatic N) is 1. The molecule has 0 aliphatic carbocycles. The van der Waals surface area contributed by atoms with E-state index in [-0.39, 0.29) is 13.2 Å². The summed E-state index contributed by atoms with van der Waals surface area (Å²) in [6.07, 6.45) is 2.60. The maximum atomic E-state index is 13.4. The summed E-state index contributed by atoms with van der Waals surface area (Å²) < 4.78 is 19.1. The third-order valence-corrected chi connectivity index (χ3v) is 5.62. The molecule has 1 unspecified atom stereocenters. The highest BCUT2D eigenvalue weighted by atomic mass is 19.1. The second-order valence-corrected chi connectivity index (χ2v) is 7.91. The van der Waals surface area contributed by atoms with Crippen molar-refractivity contribution in [2.45, 2.75) is 18.2 Å². The third kappa shape index (κ3) is 5.20. The summed E-state index contributed by atoms with van der Waals surface area (Å²) >= 11 is 0. The summed E-state index contributed by atoms with van der Waals surface area (Å²) in [5.41, 5.74) is 2.27. The summed E-state index contributed by atoms with van der Waals surface area (Å²) in [4.78, 5) is 16.2. The highest BCUT2D eigenvalue weighted by Crippen LogP contribution is 2.37. The Morgan fingerprint density at radius 1 is 0.882 bits per heavy atom. The Morgan fingerprint density at radius 2 is 1.38 bits per heavy atom. The van der Waals surface area contributed by atoms with Gasteiger partial charge < -0.3 is 9.84 Å². The number of hydrogen-bond acceptors (Lipinski definition) is 4. The van der Waals surface area contributed by atoms with E-state index < -0.39 is 23.4 Å². The van der Waals surface area contributed by atoms with E-state index in [4.69, 9.17) is 4.74 Å². The van der Waals surface area contributed by atoms with Gasteiger partial charge in [-0.1, -0.05) is 91.0 Å². The van der Waals surface area contributed by atoms with Crippen molar-refractivity contribution in [2.75, 3.05) is 6.61 Å². The van der Waals surface area contributed by atoms with E-state index in [0.29, 0.717) is 5.56 Å². The Hall–Kier alpha value is -3.87. The standard InChI is InChI=1S/C28H25FN2O3/c29-25-16-21(17-30-18-25)19-34-20-26(27(32)33)31-28(22-10-4-1-5-11-22,23-12-6-2-7-13-23)24-14-8-3-9-15-24/h1-18,26,31H,19-20H2,(H,32,33). The molecule has 1 heterocycles. The Labute approximate surface area is 197 Å². The van der Waals surface area contributed by atoms with Crippen molar-refractivity contribution in [1.82, 2.24) is 10.3 Å². The first-order chi connectivity index (χ1) is 16.6. The van der Waals surface area contributed by atoms with Crippen LogP contribution in [0.25, 0.3) is 0 Å². The molecule has 2 N–H and O–H groups in total. The highest BCUT2D eigenvalue weighted by molar-refractivity contribution is 5.74. The zero-order chi connectivity index (χ0) is 23.8. The van der Waals surface area contributed by atoms with Crippen LogP contribution < -0.4 is 5.32 Å². The van der Waals surface area contributed by atoms with Crippen molar-refractivity contribution < 1.29 is 19.0 Å². The molecule has 0 spiro atoms. The number of carboxylic acid groups (broad SMARTS) is 1. The summed E-state index contributed by atoms with van der Waals surface area (Å²) in [5.74, 6) is -1.52. The molecule has 0 saturated heterocycles. The largest absolute Gasteiger partial charge is 0.480 e. The van der Waals surface area contributed by atoms with E-state index in [1.54, 1.807) is 0 Å². The number of benzene rings is 3. The zero-order valence-electron chi connectivity index (χ0n) is 18.5. The van der Waals surface area contributed by atoms with Crippen LogP contribution in [0.1, 0.15) is 22.3 Å². The van der Waals surface area contributed by atoms with Gasteiger partial charge in [-0.15, -0.1) is 0 Å². The molecule has 6 heteroatoms. The van der Waals surface area contributed by atoms with Gasteiger partial charge in [0.15, 0.2) is 0 Å². The minimum atomic E-state index is -1.05. The molecule has 4 rings (SSSR count). The maximum Gasteiger partial charge on any atom is 0.323 e. The number of carboxylic acids is 1. The van der Waals surface area contributed by atoms with Crippen molar-refractivity contribution in [3.05, 3.63) is 138 Å².